The molecule has 0 spiro atoms. The number of nitrogens with zero attached hydrogens (tertiary/aromatic N) is 1. The molecule has 6 heteroatoms. The summed E-state index contributed by atoms with van der Waals surface area (Å²) in [4.78, 5) is 16.6. The Morgan fingerprint density at radius 2 is 2.20 bits per heavy atom. The fourth-order valence-electron chi connectivity index (χ4n) is 4.56. The van der Waals surface area contributed by atoms with E-state index in [2.05, 4.69) is 43.8 Å². The Kier molecular flexibility index (Phi) is 5.09. The molecule has 5 nitrogen and oxygen atoms in total. The summed E-state index contributed by atoms with van der Waals surface area (Å²) in [6.07, 6.45) is 7.52. The van der Waals surface area contributed by atoms with Crippen LogP contribution in [0.3, 0.4) is 0 Å². The second-order valence-electron chi connectivity index (χ2n) is 7.85. The molecule has 0 bridgehead atoms. The first-order valence-corrected chi connectivity index (χ1v) is 11.3. The number of nitrogens with one attached hydrogen (secondary N) is 2. The second kappa shape index (κ2) is 8.03. The molecular weight excluding hydrogens is 394 g/mol. The van der Waals surface area contributed by atoms with Gasteiger partial charge in [0.1, 0.15) is 5.75 Å². The number of ether oxygens (including phenoxy) is 1. The highest BCUT2D eigenvalue weighted by atomic mass is 32.1. The van der Waals surface area contributed by atoms with Gasteiger partial charge in [-0.15, -0.1) is 0 Å². The molecule has 0 saturated carbocycles. The molecule has 3 heterocycles. The number of carbonyl (C=O) groups is 1. The number of rotatable bonds is 6. The molecule has 4 aromatic rings. The van der Waals surface area contributed by atoms with E-state index < -0.39 is 0 Å². The number of amides is 1. The van der Waals surface area contributed by atoms with Crippen LogP contribution in [0.15, 0.2) is 59.6 Å². The van der Waals surface area contributed by atoms with E-state index in [1.807, 2.05) is 30.6 Å². The fourth-order valence-corrected chi connectivity index (χ4v) is 5.26. The van der Waals surface area contributed by atoms with Crippen LogP contribution < -0.4 is 10.1 Å². The minimum atomic E-state index is 0.0151. The van der Waals surface area contributed by atoms with Crippen LogP contribution in [0.1, 0.15) is 48.2 Å². The van der Waals surface area contributed by atoms with Crippen molar-refractivity contribution in [3.63, 3.8) is 0 Å². The maximum Gasteiger partial charge on any atom is 0.222 e. The molecule has 0 fully saturated rings. The van der Waals surface area contributed by atoms with E-state index in [1.54, 1.807) is 18.4 Å². The number of hydrogen-bond donors (Lipinski definition) is 2. The highest BCUT2D eigenvalue weighted by Crippen LogP contribution is 2.36. The average molecular weight is 420 g/mol. The van der Waals surface area contributed by atoms with E-state index >= 15 is 0 Å². The van der Waals surface area contributed by atoms with Crippen molar-refractivity contribution in [1.29, 1.82) is 0 Å². The van der Waals surface area contributed by atoms with Gasteiger partial charge in [-0.25, -0.2) is 0 Å². The van der Waals surface area contributed by atoms with Crippen LogP contribution in [0.4, 0.5) is 0 Å². The predicted molar refractivity (Wildman–Crippen MR) is 120 cm³/mol. The lowest BCUT2D eigenvalue weighted by Crippen LogP contribution is -2.32. The van der Waals surface area contributed by atoms with Crippen molar-refractivity contribution in [3.8, 4) is 5.75 Å². The third kappa shape index (κ3) is 3.52. The van der Waals surface area contributed by atoms with E-state index in [1.165, 1.54) is 16.5 Å². The predicted octanol–water partition coefficient (Wildman–Crippen LogP) is 5.21. The van der Waals surface area contributed by atoms with Crippen LogP contribution in [0.5, 0.6) is 5.75 Å². The Balaban J connectivity index is 1.38. The molecule has 30 heavy (non-hydrogen) atoms. The van der Waals surface area contributed by atoms with Crippen LogP contribution in [0, 0.1) is 0 Å². The molecule has 2 N–H and O–H groups in total. The van der Waals surface area contributed by atoms with Gasteiger partial charge < -0.3 is 19.6 Å². The summed E-state index contributed by atoms with van der Waals surface area (Å²) in [6.45, 7) is 0. The molecule has 154 valence electrons. The zero-order valence-electron chi connectivity index (χ0n) is 16.9. The molecule has 5 rings (SSSR count). The summed E-state index contributed by atoms with van der Waals surface area (Å²) in [5, 5.41) is 8.70. The molecule has 0 aliphatic heterocycles. The first-order chi connectivity index (χ1) is 14.7. The van der Waals surface area contributed by atoms with E-state index in [0.717, 1.165) is 36.2 Å². The highest BCUT2D eigenvalue weighted by molar-refractivity contribution is 7.08. The van der Waals surface area contributed by atoms with Gasteiger partial charge in [-0.05, 0) is 77.5 Å². The Labute approximate surface area is 179 Å². The molecule has 2 atom stereocenters. The molecule has 0 saturated heterocycles. The molecule has 2 unspecified atom stereocenters. The molecule has 1 aromatic carbocycles. The van der Waals surface area contributed by atoms with Gasteiger partial charge in [0.15, 0.2) is 0 Å². The van der Waals surface area contributed by atoms with Crippen molar-refractivity contribution in [1.82, 2.24) is 14.9 Å². The number of aryl methyl sites for hydroxylation is 1. The zero-order chi connectivity index (χ0) is 20.5. The van der Waals surface area contributed by atoms with Crippen molar-refractivity contribution >= 4 is 28.1 Å². The number of carbonyl (C=O) groups excluding carboxylic acids is 1. The van der Waals surface area contributed by atoms with Crippen LogP contribution in [-0.4, -0.2) is 22.6 Å². The first-order valence-electron chi connectivity index (χ1n) is 10.4. The summed E-state index contributed by atoms with van der Waals surface area (Å²) < 4.78 is 7.52. The third-order valence-corrected chi connectivity index (χ3v) is 6.75. The number of H-pyrrole nitrogens is 1. The van der Waals surface area contributed by atoms with Crippen LogP contribution in [-0.2, 0) is 11.2 Å². The van der Waals surface area contributed by atoms with Gasteiger partial charge in [0, 0.05) is 29.0 Å². The van der Waals surface area contributed by atoms with Crippen LogP contribution in [0.25, 0.3) is 10.9 Å². The number of aromatic nitrogens is 2. The lowest BCUT2D eigenvalue weighted by Gasteiger charge is -2.25. The average Bonchev–Trinajstić information content (AvgIpc) is 3.53. The van der Waals surface area contributed by atoms with Crippen LogP contribution >= 0.6 is 11.3 Å². The Bertz CT molecular complexity index is 1110. The molecule has 1 aliphatic rings. The van der Waals surface area contributed by atoms with Gasteiger partial charge in [-0.2, -0.15) is 11.3 Å². The first kappa shape index (κ1) is 19.0. The summed E-state index contributed by atoms with van der Waals surface area (Å²) in [7, 11) is 1.69. The normalized spacial score (nSPS) is 16.9. The monoisotopic (exact) mass is 419 g/mol. The van der Waals surface area contributed by atoms with E-state index in [-0.39, 0.29) is 18.0 Å². The highest BCUT2D eigenvalue weighted by Gasteiger charge is 2.27. The van der Waals surface area contributed by atoms with Crippen molar-refractivity contribution in [2.45, 2.75) is 37.8 Å². The lowest BCUT2D eigenvalue weighted by molar-refractivity contribution is -0.122. The molecular formula is C24H25N3O2S. The van der Waals surface area contributed by atoms with Gasteiger partial charge in [-0.1, -0.05) is 0 Å². The molecule has 1 amide bonds. The third-order valence-electron chi connectivity index (χ3n) is 6.04. The minimum Gasteiger partial charge on any atom is -0.497 e. The number of aromatic amines is 1. The summed E-state index contributed by atoms with van der Waals surface area (Å²) >= 11 is 1.66. The topological polar surface area (TPSA) is 59.0 Å². The van der Waals surface area contributed by atoms with Crippen molar-refractivity contribution < 1.29 is 9.53 Å². The Morgan fingerprint density at radius 3 is 2.97 bits per heavy atom. The Hall–Kier alpha value is -2.99. The number of benzene rings is 1. The minimum absolute atomic E-state index is 0.0151. The van der Waals surface area contributed by atoms with Gasteiger partial charge in [0.05, 0.1) is 25.6 Å². The number of thiophene rings is 1. The van der Waals surface area contributed by atoms with Crippen molar-refractivity contribution in [2.24, 2.45) is 0 Å². The summed E-state index contributed by atoms with van der Waals surface area (Å²) in [5.41, 5.74) is 4.73. The number of fused-ring (bicyclic) bond motifs is 3. The maximum atomic E-state index is 13.1. The van der Waals surface area contributed by atoms with Crippen molar-refractivity contribution in [2.75, 3.05) is 7.11 Å². The fraction of sp³-hybridized carbons (Fsp3) is 0.292. The Morgan fingerprint density at radius 1 is 1.33 bits per heavy atom. The van der Waals surface area contributed by atoms with Crippen molar-refractivity contribution in [3.05, 3.63) is 76.4 Å². The second-order valence-corrected chi connectivity index (χ2v) is 8.63. The van der Waals surface area contributed by atoms with E-state index in [0.29, 0.717) is 6.42 Å². The smallest absolute Gasteiger partial charge is 0.222 e. The SMILES string of the molecule is COc1ccc2[nH]c3c(c2c1)CCCC3NC(=O)CC(c1ccsc1)n1cccc1. The van der Waals surface area contributed by atoms with Gasteiger partial charge in [-0.3, -0.25) is 4.79 Å². The summed E-state index contributed by atoms with van der Waals surface area (Å²) in [6, 6.07) is 12.3. The molecule has 3 aromatic heterocycles. The quantitative estimate of drug-likeness (QED) is 0.451. The van der Waals surface area contributed by atoms with Crippen LogP contribution in [0.2, 0.25) is 0 Å². The largest absolute Gasteiger partial charge is 0.497 e. The van der Waals surface area contributed by atoms with Gasteiger partial charge in [0.25, 0.3) is 0 Å². The molecule has 0 radical (unpaired) electrons. The maximum absolute atomic E-state index is 13.1. The van der Waals surface area contributed by atoms with Gasteiger partial charge >= 0.3 is 0 Å². The number of hydrogen-bond acceptors (Lipinski definition) is 3. The van der Waals surface area contributed by atoms with E-state index in [9.17, 15) is 4.79 Å². The standard InChI is InChI=1S/C24H25N3O2S/c1-29-17-7-8-20-19(13-17)18-5-4-6-21(24(18)26-20)25-23(28)14-22(16-9-12-30-15-16)27-10-2-3-11-27/h2-3,7-13,15,21-22,26H,4-6,14H2,1H3,(H,25,28). The summed E-state index contributed by atoms with van der Waals surface area (Å²) in [5.74, 6) is 0.940. The zero-order valence-corrected chi connectivity index (χ0v) is 17.7. The van der Waals surface area contributed by atoms with Gasteiger partial charge in [0.2, 0.25) is 5.91 Å². The lowest BCUT2D eigenvalue weighted by atomic mass is 9.91. The molecule has 1 aliphatic carbocycles. The number of methoxy groups -OCH3 is 1. The van der Waals surface area contributed by atoms with E-state index in [4.69, 9.17) is 4.74 Å².